The number of carboxylic acids is 1. The zero-order valence-electron chi connectivity index (χ0n) is 8.57. The molecule has 5 heteroatoms. The molecule has 0 bridgehead atoms. The van der Waals surface area contributed by atoms with Gasteiger partial charge in [0.15, 0.2) is 0 Å². The minimum atomic E-state index is -1.52. The Morgan fingerprint density at radius 1 is 1.50 bits per heavy atom. The van der Waals surface area contributed by atoms with Crippen molar-refractivity contribution in [3.05, 3.63) is 0 Å². The van der Waals surface area contributed by atoms with E-state index in [1.165, 1.54) is 0 Å². The van der Waals surface area contributed by atoms with Gasteiger partial charge in [0.05, 0.1) is 6.10 Å². The second kappa shape index (κ2) is 5.95. The average Bonchev–Trinajstić information content (AvgIpc) is 2.16. The second-order valence-corrected chi connectivity index (χ2v) is 3.52. The number of nitrogens with two attached hydrogens (primary N) is 2. The molecule has 1 unspecified atom stereocenters. The normalized spacial score (nSPS) is 17.4. The first kappa shape index (κ1) is 13.4. The summed E-state index contributed by atoms with van der Waals surface area (Å²) in [5, 5.41) is 18.4. The van der Waals surface area contributed by atoms with E-state index in [2.05, 4.69) is 0 Å². The quantitative estimate of drug-likeness (QED) is 0.424. The molecule has 0 spiro atoms. The van der Waals surface area contributed by atoms with Crippen LogP contribution >= 0.6 is 0 Å². The number of aliphatic carboxylic acids is 1. The van der Waals surface area contributed by atoms with Crippen molar-refractivity contribution in [2.45, 2.75) is 44.2 Å². The minimum absolute atomic E-state index is 0.258. The largest absolute Gasteiger partial charge is 0.480 e. The smallest absolute Gasteiger partial charge is 0.326 e. The van der Waals surface area contributed by atoms with E-state index in [-0.39, 0.29) is 6.42 Å². The number of carbonyl (C=O) groups is 1. The predicted octanol–water partition coefficient (Wildman–Crippen LogP) is -0.332. The molecule has 0 rings (SSSR count). The van der Waals surface area contributed by atoms with Gasteiger partial charge in [-0.15, -0.1) is 0 Å². The zero-order valence-corrected chi connectivity index (χ0v) is 8.57. The van der Waals surface area contributed by atoms with Crippen LogP contribution < -0.4 is 11.5 Å². The summed E-state index contributed by atoms with van der Waals surface area (Å²) in [6, 6.07) is 0. The summed E-state index contributed by atoms with van der Waals surface area (Å²) in [6.45, 7) is 2.22. The van der Waals surface area contributed by atoms with Crippen molar-refractivity contribution in [1.82, 2.24) is 0 Å². The van der Waals surface area contributed by atoms with Crippen molar-refractivity contribution in [1.29, 1.82) is 0 Å². The van der Waals surface area contributed by atoms with Gasteiger partial charge in [0.1, 0.15) is 5.54 Å². The summed E-state index contributed by atoms with van der Waals surface area (Å²) < 4.78 is 0. The Labute approximate surface area is 84.1 Å². The van der Waals surface area contributed by atoms with Crippen LogP contribution in [0.5, 0.6) is 0 Å². The lowest BCUT2D eigenvalue weighted by molar-refractivity contribution is -0.148. The summed E-state index contributed by atoms with van der Waals surface area (Å²) in [6.07, 6.45) is 0.941. The minimum Gasteiger partial charge on any atom is -0.480 e. The van der Waals surface area contributed by atoms with E-state index in [1.807, 2.05) is 0 Å². The van der Waals surface area contributed by atoms with Crippen LogP contribution in [-0.2, 0) is 4.79 Å². The van der Waals surface area contributed by atoms with Gasteiger partial charge in [-0.3, -0.25) is 4.79 Å². The van der Waals surface area contributed by atoms with Crippen molar-refractivity contribution in [2.75, 3.05) is 6.54 Å². The van der Waals surface area contributed by atoms with E-state index in [1.54, 1.807) is 6.92 Å². The van der Waals surface area contributed by atoms with Crippen LogP contribution in [0, 0.1) is 0 Å². The maximum atomic E-state index is 10.9. The van der Waals surface area contributed by atoms with Crippen molar-refractivity contribution in [2.24, 2.45) is 11.5 Å². The molecule has 0 heterocycles. The topological polar surface area (TPSA) is 110 Å². The molecule has 0 aromatic carbocycles. The molecule has 0 saturated heterocycles. The fourth-order valence-electron chi connectivity index (χ4n) is 1.34. The fourth-order valence-corrected chi connectivity index (χ4v) is 1.34. The molecule has 14 heavy (non-hydrogen) atoms. The second-order valence-electron chi connectivity index (χ2n) is 3.52. The molecule has 5 nitrogen and oxygen atoms in total. The van der Waals surface area contributed by atoms with Gasteiger partial charge in [0, 0.05) is 0 Å². The standard InChI is InChI=1S/C9H20N2O3/c1-2-7(12)9(11,8(13)14)5-3-4-6-10/h7,12H,2-6,10-11H2,1H3,(H,13,14)/t7?,9-/m1/s1. The van der Waals surface area contributed by atoms with E-state index >= 15 is 0 Å². The lowest BCUT2D eigenvalue weighted by atomic mass is 9.86. The average molecular weight is 204 g/mol. The van der Waals surface area contributed by atoms with Crippen LogP contribution in [0.25, 0.3) is 0 Å². The molecule has 0 aromatic heterocycles. The fraction of sp³-hybridized carbons (Fsp3) is 0.889. The zero-order chi connectivity index (χ0) is 11.2. The number of aliphatic hydroxyl groups is 1. The molecule has 0 aromatic rings. The molecular formula is C9H20N2O3. The van der Waals surface area contributed by atoms with Crippen molar-refractivity contribution >= 4 is 5.97 Å². The highest BCUT2D eigenvalue weighted by molar-refractivity contribution is 5.79. The highest BCUT2D eigenvalue weighted by Crippen LogP contribution is 2.18. The van der Waals surface area contributed by atoms with E-state index in [0.717, 1.165) is 6.42 Å². The third kappa shape index (κ3) is 3.25. The van der Waals surface area contributed by atoms with Crippen LogP contribution in [0.15, 0.2) is 0 Å². The molecule has 84 valence electrons. The van der Waals surface area contributed by atoms with Crippen LogP contribution in [0.1, 0.15) is 32.6 Å². The Balaban J connectivity index is 4.32. The van der Waals surface area contributed by atoms with Crippen molar-refractivity contribution in [3.8, 4) is 0 Å². The Kier molecular flexibility index (Phi) is 5.68. The number of hydrogen-bond acceptors (Lipinski definition) is 4. The maximum absolute atomic E-state index is 10.9. The monoisotopic (exact) mass is 204 g/mol. The first-order chi connectivity index (χ1) is 6.49. The highest BCUT2D eigenvalue weighted by Gasteiger charge is 2.39. The first-order valence-electron chi connectivity index (χ1n) is 4.89. The van der Waals surface area contributed by atoms with Gasteiger partial charge < -0.3 is 21.7 Å². The van der Waals surface area contributed by atoms with Gasteiger partial charge in [-0.2, -0.15) is 0 Å². The Hall–Kier alpha value is -0.650. The molecule has 0 aliphatic rings. The predicted molar refractivity (Wildman–Crippen MR) is 53.8 cm³/mol. The van der Waals surface area contributed by atoms with Gasteiger partial charge in [-0.1, -0.05) is 6.92 Å². The van der Waals surface area contributed by atoms with Crippen LogP contribution in [0.4, 0.5) is 0 Å². The third-order valence-electron chi connectivity index (χ3n) is 2.42. The number of hydrogen-bond donors (Lipinski definition) is 4. The van der Waals surface area contributed by atoms with E-state index in [9.17, 15) is 9.90 Å². The van der Waals surface area contributed by atoms with Crippen LogP contribution in [0.3, 0.4) is 0 Å². The Morgan fingerprint density at radius 3 is 2.43 bits per heavy atom. The van der Waals surface area contributed by atoms with Crippen LogP contribution in [0.2, 0.25) is 0 Å². The highest BCUT2D eigenvalue weighted by atomic mass is 16.4. The van der Waals surface area contributed by atoms with E-state index < -0.39 is 17.6 Å². The molecule has 6 N–H and O–H groups in total. The molecular weight excluding hydrogens is 184 g/mol. The first-order valence-corrected chi connectivity index (χ1v) is 4.89. The maximum Gasteiger partial charge on any atom is 0.326 e. The summed E-state index contributed by atoms with van der Waals surface area (Å²) in [4.78, 5) is 10.9. The van der Waals surface area contributed by atoms with E-state index in [0.29, 0.717) is 19.4 Å². The molecule has 0 fully saturated rings. The molecule has 0 aliphatic carbocycles. The lowest BCUT2D eigenvalue weighted by Crippen LogP contribution is -2.57. The van der Waals surface area contributed by atoms with Gasteiger partial charge in [0.25, 0.3) is 0 Å². The van der Waals surface area contributed by atoms with Gasteiger partial charge in [0.2, 0.25) is 0 Å². The Morgan fingerprint density at radius 2 is 2.07 bits per heavy atom. The van der Waals surface area contributed by atoms with Gasteiger partial charge >= 0.3 is 5.97 Å². The van der Waals surface area contributed by atoms with Crippen molar-refractivity contribution in [3.63, 3.8) is 0 Å². The number of carboxylic acid groups (broad SMARTS) is 1. The lowest BCUT2D eigenvalue weighted by Gasteiger charge is -2.29. The summed E-state index contributed by atoms with van der Waals surface area (Å²) >= 11 is 0. The SMILES string of the molecule is CCC(O)[C@](N)(CCCCN)C(=O)O. The van der Waals surface area contributed by atoms with Crippen molar-refractivity contribution < 1.29 is 15.0 Å². The number of unbranched alkanes of at least 4 members (excludes halogenated alkanes) is 1. The molecule has 0 amide bonds. The third-order valence-corrected chi connectivity index (χ3v) is 2.42. The Bertz CT molecular complexity index is 187. The number of aliphatic hydroxyl groups excluding tert-OH is 1. The van der Waals surface area contributed by atoms with E-state index in [4.69, 9.17) is 16.6 Å². The summed E-state index contributed by atoms with van der Waals surface area (Å²) in [7, 11) is 0. The molecule has 0 saturated carbocycles. The molecule has 2 atom stereocenters. The van der Waals surface area contributed by atoms with Gasteiger partial charge in [-0.05, 0) is 32.2 Å². The number of rotatable bonds is 7. The van der Waals surface area contributed by atoms with Gasteiger partial charge in [-0.25, -0.2) is 0 Å². The van der Waals surface area contributed by atoms with Crippen LogP contribution in [-0.4, -0.2) is 34.4 Å². The summed E-state index contributed by atoms with van der Waals surface area (Å²) in [5.74, 6) is -1.15. The molecule has 0 radical (unpaired) electrons. The molecule has 0 aliphatic heterocycles. The summed E-state index contributed by atoms with van der Waals surface area (Å²) in [5.41, 5.74) is 9.41.